The number of hydrogen-bond acceptors (Lipinski definition) is 3. The Morgan fingerprint density at radius 2 is 2.24 bits per heavy atom. The van der Waals surface area contributed by atoms with Gasteiger partial charge in [-0.1, -0.05) is 6.07 Å². The third-order valence-electron chi connectivity index (χ3n) is 2.87. The summed E-state index contributed by atoms with van der Waals surface area (Å²) >= 11 is 0. The molecule has 0 amide bonds. The third kappa shape index (κ3) is 4.53. The molecule has 1 rings (SSSR count). The predicted octanol–water partition coefficient (Wildman–Crippen LogP) is 2.01. The summed E-state index contributed by atoms with van der Waals surface area (Å²) < 4.78 is 0. The highest BCUT2D eigenvalue weighted by Gasteiger charge is 2.26. The Labute approximate surface area is 102 Å². The fourth-order valence-corrected chi connectivity index (χ4v) is 1.46. The summed E-state index contributed by atoms with van der Waals surface area (Å²) in [7, 11) is 1.99. The second-order valence-electron chi connectivity index (χ2n) is 5.04. The minimum Gasteiger partial charge on any atom is -0.481 e. The van der Waals surface area contributed by atoms with Crippen LogP contribution >= 0.6 is 0 Å². The molecule has 0 aliphatic heterocycles. The lowest BCUT2D eigenvalue weighted by atomic mass is 9.89. The van der Waals surface area contributed by atoms with Gasteiger partial charge in [0, 0.05) is 18.9 Å². The van der Waals surface area contributed by atoms with E-state index in [9.17, 15) is 4.79 Å². The Bertz CT molecular complexity index is 363. The minimum atomic E-state index is -0.743. The SMILES string of the molecule is CN(CCC(C)(C)C(=O)O)Cc1cccnc1. The van der Waals surface area contributed by atoms with Crippen molar-refractivity contribution < 1.29 is 9.90 Å². The monoisotopic (exact) mass is 236 g/mol. The predicted molar refractivity (Wildman–Crippen MR) is 66.6 cm³/mol. The van der Waals surface area contributed by atoms with Crippen LogP contribution in [0.1, 0.15) is 25.8 Å². The van der Waals surface area contributed by atoms with Crippen molar-refractivity contribution in [2.75, 3.05) is 13.6 Å². The average Bonchev–Trinajstić information content (AvgIpc) is 2.28. The molecule has 0 aromatic carbocycles. The van der Waals surface area contributed by atoms with Gasteiger partial charge in [-0.15, -0.1) is 0 Å². The zero-order valence-corrected chi connectivity index (χ0v) is 10.7. The second-order valence-corrected chi connectivity index (χ2v) is 5.04. The van der Waals surface area contributed by atoms with E-state index in [4.69, 9.17) is 5.11 Å². The zero-order chi connectivity index (χ0) is 12.9. The summed E-state index contributed by atoms with van der Waals surface area (Å²) in [6.07, 6.45) is 4.22. The Balaban J connectivity index is 2.41. The molecule has 0 saturated carbocycles. The van der Waals surface area contributed by atoms with E-state index in [1.165, 1.54) is 0 Å². The van der Waals surface area contributed by atoms with Gasteiger partial charge in [0.05, 0.1) is 5.41 Å². The molecule has 0 aliphatic rings. The number of carboxylic acids is 1. The first kappa shape index (κ1) is 13.6. The first-order valence-electron chi connectivity index (χ1n) is 5.72. The van der Waals surface area contributed by atoms with E-state index in [1.807, 2.05) is 25.4 Å². The van der Waals surface area contributed by atoms with Crippen LogP contribution in [-0.4, -0.2) is 34.6 Å². The van der Waals surface area contributed by atoms with Crippen LogP contribution in [0, 0.1) is 5.41 Å². The molecule has 4 nitrogen and oxygen atoms in total. The molecule has 0 saturated heterocycles. The van der Waals surface area contributed by atoms with Crippen LogP contribution in [0.5, 0.6) is 0 Å². The maximum absolute atomic E-state index is 11.0. The van der Waals surface area contributed by atoms with E-state index >= 15 is 0 Å². The molecular weight excluding hydrogens is 216 g/mol. The maximum atomic E-state index is 11.0. The topological polar surface area (TPSA) is 53.4 Å². The second kappa shape index (κ2) is 5.77. The summed E-state index contributed by atoms with van der Waals surface area (Å²) in [6.45, 7) is 5.07. The average molecular weight is 236 g/mol. The van der Waals surface area contributed by atoms with Gasteiger partial charge in [-0.2, -0.15) is 0 Å². The van der Waals surface area contributed by atoms with Gasteiger partial charge in [0.2, 0.25) is 0 Å². The molecule has 17 heavy (non-hydrogen) atoms. The molecule has 94 valence electrons. The minimum absolute atomic E-state index is 0.638. The van der Waals surface area contributed by atoms with Crippen LogP contribution in [-0.2, 0) is 11.3 Å². The van der Waals surface area contributed by atoms with Gasteiger partial charge in [0.1, 0.15) is 0 Å². The zero-order valence-electron chi connectivity index (χ0n) is 10.7. The molecule has 1 heterocycles. The molecule has 0 fully saturated rings. The van der Waals surface area contributed by atoms with Crippen molar-refractivity contribution in [2.24, 2.45) is 5.41 Å². The standard InChI is InChI=1S/C13H20N2O2/c1-13(2,12(16)17)6-8-15(3)10-11-5-4-7-14-9-11/h4-5,7,9H,6,8,10H2,1-3H3,(H,16,17). The van der Waals surface area contributed by atoms with Crippen LogP contribution in [0.15, 0.2) is 24.5 Å². The maximum Gasteiger partial charge on any atom is 0.309 e. The summed E-state index contributed by atoms with van der Waals surface area (Å²) in [5, 5.41) is 9.02. The Morgan fingerprint density at radius 1 is 1.53 bits per heavy atom. The van der Waals surface area contributed by atoms with E-state index < -0.39 is 11.4 Å². The highest BCUT2D eigenvalue weighted by molar-refractivity contribution is 5.73. The molecule has 1 aromatic heterocycles. The van der Waals surface area contributed by atoms with Crippen LogP contribution in [0.2, 0.25) is 0 Å². The summed E-state index contributed by atoms with van der Waals surface area (Å²) in [4.78, 5) is 17.1. The highest BCUT2D eigenvalue weighted by atomic mass is 16.4. The lowest BCUT2D eigenvalue weighted by Gasteiger charge is -2.23. The fourth-order valence-electron chi connectivity index (χ4n) is 1.46. The van der Waals surface area contributed by atoms with E-state index in [0.29, 0.717) is 6.42 Å². The molecule has 1 aromatic rings. The first-order valence-corrected chi connectivity index (χ1v) is 5.72. The molecule has 4 heteroatoms. The fraction of sp³-hybridized carbons (Fsp3) is 0.538. The van der Waals surface area contributed by atoms with E-state index in [2.05, 4.69) is 9.88 Å². The van der Waals surface area contributed by atoms with Crippen LogP contribution < -0.4 is 0 Å². The normalized spacial score (nSPS) is 11.8. The van der Waals surface area contributed by atoms with Gasteiger partial charge in [0.15, 0.2) is 0 Å². The van der Waals surface area contributed by atoms with E-state index in [0.717, 1.165) is 18.7 Å². The number of pyridine rings is 1. The van der Waals surface area contributed by atoms with Gasteiger partial charge in [0.25, 0.3) is 0 Å². The lowest BCUT2D eigenvalue weighted by Crippen LogP contribution is -2.30. The number of nitrogens with zero attached hydrogens (tertiary/aromatic N) is 2. The Kier molecular flexibility index (Phi) is 4.63. The third-order valence-corrected chi connectivity index (χ3v) is 2.87. The van der Waals surface area contributed by atoms with Crippen molar-refractivity contribution in [3.8, 4) is 0 Å². The number of carbonyl (C=O) groups is 1. The van der Waals surface area contributed by atoms with Crippen LogP contribution in [0.25, 0.3) is 0 Å². The summed E-state index contributed by atoms with van der Waals surface area (Å²) in [5.41, 5.74) is 0.478. The van der Waals surface area contributed by atoms with Crippen molar-refractivity contribution >= 4 is 5.97 Å². The van der Waals surface area contributed by atoms with Crippen molar-refractivity contribution in [1.82, 2.24) is 9.88 Å². The highest BCUT2D eigenvalue weighted by Crippen LogP contribution is 2.20. The Hall–Kier alpha value is -1.42. The van der Waals surface area contributed by atoms with Crippen molar-refractivity contribution in [2.45, 2.75) is 26.8 Å². The molecule has 0 atom stereocenters. The number of carboxylic acid groups (broad SMARTS) is 1. The van der Waals surface area contributed by atoms with Crippen LogP contribution in [0.4, 0.5) is 0 Å². The molecule has 0 radical (unpaired) electrons. The van der Waals surface area contributed by atoms with Crippen molar-refractivity contribution in [3.05, 3.63) is 30.1 Å². The van der Waals surface area contributed by atoms with Gasteiger partial charge in [-0.25, -0.2) is 0 Å². The molecule has 0 spiro atoms. The lowest BCUT2D eigenvalue weighted by molar-refractivity contribution is -0.147. The van der Waals surface area contributed by atoms with Gasteiger partial charge in [-0.3, -0.25) is 9.78 Å². The van der Waals surface area contributed by atoms with Gasteiger partial charge < -0.3 is 10.0 Å². The molecule has 0 unspecified atom stereocenters. The largest absolute Gasteiger partial charge is 0.481 e. The van der Waals surface area contributed by atoms with Crippen molar-refractivity contribution in [3.63, 3.8) is 0 Å². The first-order chi connectivity index (χ1) is 7.92. The number of aromatic nitrogens is 1. The van der Waals surface area contributed by atoms with E-state index in [-0.39, 0.29) is 0 Å². The summed E-state index contributed by atoms with van der Waals surface area (Å²) in [6, 6.07) is 3.93. The van der Waals surface area contributed by atoms with Crippen LogP contribution in [0.3, 0.4) is 0 Å². The van der Waals surface area contributed by atoms with Crippen molar-refractivity contribution in [1.29, 1.82) is 0 Å². The van der Waals surface area contributed by atoms with Gasteiger partial charge >= 0.3 is 5.97 Å². The smallest absolute Gasteiger partial charge is 0.309 e. The number of hydrogen-bond donors (Lipinski definition) is 1. The molecule has 1 N–H and O–H groups in total. The van der Waals surface area contributed by atoms with Gasteiger partial charge in [-0.05, 0) is 45.5 Å². The Morgan fingerprint density at radius 3 is 2.76 bits per heavy atom. The molecule has 0 aliphatic carbocycles. The molecular formula is C13H20N2O2. The quantitative estimate of drug-likeness (QED) is 0.821. The molecule has 0 bridgehead atoms. The van der Waals surface area contributed by atoms with E-state index in [1.54, 1.807) is 20.0 Å². The number of aliphatic carboxylic acids is 1. The number of rotatable bonds is 6. The summed E-state index contributed by atoms with van der Waals surface area (Å²) in [5.74, 6) is -0.743.